The van der Waals surface area contributed by atoms with Gasteiger partial charge in [0, 0.05) is 22.3 Å². The van der Waals surface area contributed by atoms with Crippen molar-refractivity contribution in [3.63, 3.8) is 0 Å². The van der Waals surface area contributed by atoms with Crippen LogP contribution in [0.5, 0.6) is 5.75 Å². The predicted molar refractivity (Wildman–Crippen MR) is 126 cm³/mol. The van der Waals surface area contributed by atoms with Gasteiger partial charge in [-0.15, -0.1) is 0 Å². The van der Waals surface area contributed by atoms with E-state index < -0.39 is 47.0 Å². The van der Waals surface area contributed by atoms with Crippen molar-refractivity contribution in [2.24, 2.45) is 11.8 Å². The van der Waals surface area contributed by atoms with Gasteiger partial charge in [-0.3, -0.25) is 19.7 Å². The summed E-state index contributed by atoms with van der Waals surface area (Å²) in [6.07, 6.45) is 0.309. The minimum Gasteiger partial charge on any atom is -0.508 e. The van der Waals surface area contributed by atoms with E-state index in [9.17, 15) is 23.9 Å². The minimum absolute atomic E-state index is 0.0984. The van der Waals surface area contributed by atoms with Crippen molar-refractivity contribution in [3.8, 4) is 5.75 Å². The first-order chi connectivity index (χ1) is 16.8. The van der Waals surface area contributed by atoms with E-state index in [-0.39, 0.29) is 5.75 Å². The van der Waals surface area contributed by atoms with Gasteiger partial charge in [-0.2, -0.15) is 0 Å². The lowest BCUT2D eigenvalue weighted by Gasteiger charge is -2.29. The Kier molecular flexibility index (Phi) is 4.74. The second-order valence-electron chi connectivity index (χ2n) is 9.07. The first-order valence-electron chi connectivity index (χ1n) is 11.1. The van der Waals surface area contributed by atoms with Gasteiger partial charge in [0.15, 0.2) is 0 Å². The first kappa shape index (κ1) is 21.8. The van der Waals surface area contributed by atoms with E-state index in [2.05, 4.69) is 10.6 Å². The quantitative estimate of drug-likeness (QED) is 0.488. The molecule has 2 fully saturated rings. The molecule has 6 rings (SSSR count). The smallest absolute Gasteiger partial charge is 0.250 e. The van der Waals surface area contributed by atoms with Gasteiger partial charge in [-0.05, 0) is 60.5 Å². The molecular weight excluding hydrogens is 473 g/mol. The fourth-order valence-corrected chi connectivity index (χ4v) is 5.89. The molecule has 3 aromatic carbocycles. The maximum atomic E-state index is 14.3. The highest BCUT2D eigenvalue weighted by molar-refractivity contribution is 6.31. The number of hydrogen-bond donors (Lipinski definition) is 3. The van der Waals surface area contributed by atoms with Gasteiger partial charge in [-0.25, -0.2) is 9.29 Å². The lowest BCUT2D eigenvalue weighted by atomic mass is 9.76. The number of amides is 3. The van der Waals surface area contributed by atoms with Gasteiger partial charge < -0.3 is 10.4 Å². The van der Waals surface area contributed by atoms with E-state index in [0.717, 1.165) is 10.5 Å². The standard InChI is InChI=1S/C26H19ClFN3O4/c27-14-2-1-3-16(11-14)31-23(33)21-20(10-13-4-7-17(32)8-5-13)30-26(22(21)24(31)34)18-12-15(28)6-9-19(18)29-25(26)35/h1-9,11-12,20-22,30,32H,10H2,(H,29,35)/t20?,21-,22+,26?/m0/s1. The molecule has 0 bridgehead atoms. The highest BCUT2D eigenvalue weighted by Gasteiger charge is 2.70. The summed E-state index contributed by atoms with van der Waals surface area (Å²) in [5.74, 6) is -3.92. The predicted octanol–water partition coefficient (Wildman–Crippen LogP) is 3.35. The molecule has 35 heavy (non-hydrogen) atoms. The number of nitrogens with one attached hydrogen (secondary N) is 2. The Morgan fingerprint density at radius 2 is 1.77 bits per heavy atom. The van der Waals surface area contributed by atoms with Crippen molar-refractivity contribution >= 4 is 40.7 Å². The third kappa shape index (κ3) is 3.10. The van der Waals surface area contributed by atoms with Crippen LogP contribution in [0.25, 0.3) is 0 Å². The molecule has 0 aromatic heterocycles. The zero-order valence-corrected chi connectivity index (χ0v) is 18.9. The van der Waals surface area contributed by atoms with E-state index in [1.54, 1.807) is 30.3 Å². The fourth-order valence-electron chi connectivity index (χ4n) is 5.70. The van der Waals surface area contributed by atoms with Crippen LogP contribution in [0.15, 0.2) is 66.7 Å². The van der Waals surface area contributed by atoms with Gasteiger partial charge in [0.2, 0.25) is 17.7 Å². The van der Waals surface area contributed by atoms with Crippen LogP contribution < -0.4 is 15.5 Å². The molecule has 7 nitrogen and oxygen atoms in total. The van der Waals surface area contributed by atoms with Crippen LogP contribution in [-0.2, 0) is 26.3 Å². The number of benzene rings is 3. The van der Waals surface area contributed by atoms with E-state index in [1.807, 2.05) is 0 Å². The second-order valence-corrected chi connectivity index (χ2v) is 9.51. The van der Waals surface area contributed by atoms with Crippen LogP contribution in [0.2, 0.25) is 5.02 Å². The number of carbonyl (C=O) groups is 3. The third-order valence-electron chi connectivity index (χ3n) is 7.14. The lowest BCUT2D eigenvalue weighted by Crippen LogP contribution is -2.53. The molecule has 2 unspecified atom stereocenters. The maximum absolute atomic E-state index is 14.3. The van der Waals surface area contributed by atoms with Gasteiger partial charge in [0.1, 0.15) is 17.1 Å². The fraction of sp³-hybridized carbons (Fsp3) is 0.192. The summed E-state index contributed by atoms with van der Waals surface area (Å²) in [6.45, 7) is 0. The van der Waals surface area contributed by atoms with E-state index in [0.29, 0.717) is 28.4 Å². The van der Waals surface area contributed by atoms with Crippen molar-refractivity contribution < 1.29 is 23.9 Å². The summed E-state index contributed by atoms with van der Waals surface area (Å²) in [6, 6.07) is 16.2. The molecule has 176 valence electrons. The number of hydrogen-bond acceptors (Lipinski definition) is 5. The number of fused-ring (bicyclic) bond motifs is 4. The summed E-state index contributed by atoms with van der Waals surface area (Å²) in [5, 5.41) is 16.0. The summed E-state index contributed by atoms with van der Waals surface area (Å²) in [7, 11) is 0. The molecule has 2 saturated heterocycles. The molecule has 4 atom stereocenters. The van der Waals surface area contributed by atoms with E-state index in [4.69, 9.17) is 11.6 Å². The maximum Gasteiger partial charge on any atom is 0.250 e. The summed E-state index contributed by atoms with van der Waals surface area (Å²) >= 11 is 6.13. The number of imide groups is 1. The molecular formula is C26H19ClFN3O4. The number of nitrogens with zero attached hydrogens (tertiary/aromatic N) is 1. The molecule has 0 aliphatic carbocycles. The summed E-state index contributed by atoms with van der Waals surface area (Å²) in [4.78, 5) is 42.2. The largest absolute Gasteiger partial charge is 0.508 e. The van der Waals surface area contributed by atoms with Gasteiger partial charge in [0.25, 0.3) is 0 Å². The van der Waals surface area contributed by atoms with Crippen LogP contribution in [0, 0.1) is 17.7 Å². The van der Waals surface area contributed by atoms with E-state index >= 15 is 0 Å². The van der Waals surface area contributed by atoms with Crippen molar-refractivity contribution in [2.75, 3.05) is 10.2 Å². The first-order valence-corrected chi connectivity index (χ1v) is 11.5. The number of halogens is 2. The topological polar surface area (TPSA) is 98.7 Å². The molecule has 3 amide bonds. The van der Waals surface area contributed by atoms with Crippen LogP contribution in [0.1, 0.15) is 11.1 Å². The average molecular weight is 492 g/mol. The van der Waals surface area contributed by atoms with Crippen LogP contribution >= 0.6 is 11.6 Å². The normalized spacial score (nSPS) is 26.9. The highest BCUT2D eigenvalue weighted by atomic mass is 35.5. The third-order valence-corrected chi connectivity index (χ3v) is 7.37. The molecule has 3 aliphatic heterocycles. The SMILES string of the molecule is O=C1[C@H]2C(Cc3ccc(O)cc3)NC3(C(=O)Nc4ccc(F)cc43)[C@H]2C(=O)N1c1cccc(Cl)c1. The number of anilines is 2. The van der Waals surface area contributed by atoms with Crippen LogP contribution in [-0.4, -0.2) is 28.9 Å². The van der Waals surface area contributed by atoms with Gasteiger partial charge >= 0.3 is 0 Å². The Morgan fingerprint density at radius 1 is 1.00 bits per heavy atom. The van der Waals surface area contributed by atoms with Crippen LogP contribution in [0.3, 0.4) is 0 Å². The summed E-state index contributed by atoms with van der Waals surface area (Å²) in [5.41, 5.74) is 0.215. The number of carbonyl (C=O) groups excluding carboxylic acids is 3. The molecule has 0 radical (unpaired) electrons. The number of phenols is 1. The van der Waals surface area contributed by atoms with Gasteiger partial charge in [-0.1, -0.05) is 29.8 Å². The van der Waals surface area contributed by atoms with Crippen molar-refractivity contribution in [2.45, 2.75) is 18.0 Å². The minimum atomic E-state index is -1.61. The lowest BCUT2D eigenvalue weighted by molar-refractivity contribution is -0.130. The monoisotopic (exact) mass is 491 g/mol. The van der Waals surface area contributed by atoms with Crippen LogP contribution in [0.4, 0.5) is 15.8 Å². The number of phenolic OH excluding ortho intramolecular Hbond substituents is 1. The number of rotatable bonds is 3. The zero-order valence-electron chi connectivity index (χ0n) is 18.2. The van der Waals surface area contributed by atoms with Crippen molar-refractivity contribution in [1.82, 2.24) is 5.32 Å². The Hall–Kier alpha value is -3.75. The molecule has 3 N–H and O–H groups in total. The van der Waals surface area contributed by atoms with E-state index in [1.165, 1.54) is 36.4 Å². The molecule has 9 heteroatoms. The average Bonchev–Trinajstić information content (AvgIpc) is 3.40. The molecule has 0 saturated carbocycles. The molecule has 3 aliphatic rings. The molecule has 3 aromatic rings. The second kappa shape index (κ2) is 7.63. The van der Waals surface area contributed by atoms with Crippen molar-refractivity contribution in [1.29, 1.82) is 0 Å². The molecule has 3 heterocycles. The Labute approximate surface area is 204 Å². The summed E-state index contributed by atoms with van der Waals surface area (Å²) < 4.78 is 14.3. The zero-order chi connectivity index (χ0) is 24.5. The van der Waals surface area contributed by atoms with Crippen molar-refractivity contribution in [3.05, 3.63) is 88.7 Å². The Morgan fingerprint density at radius 3 is 2.51 bits per heavy atom. The Bertz CT molecular complexity index is 1410. The Balaban J connectivity index is 1.50. The number of aromatic hydroxyl groups is 1. The molecule has 1 spiro atoms. The van der Waals surface area contributed by atoms with Gasteiger partial charge in [0.05, 0.1) is 17.5 Å². The highest BCUT2D eigenvalue weighted by Crippen LogP contribution is 2.54.